The van der Waals surface area contributed by atoms with Crippen molar-refractivity contribution in [1.82, 2.24) is 5.16 Å². The van der Waals surface area contributed by atoms with E-state index in [0.717, 1.165) is 0 Å². The molecule has 0 saturated heterocycles. The quantitative estimate of drug-likeness (QED) is 0.588. The van der Waals surface area contributed by atoms with Gasteiger partial charge in [-0.3, -0.25) is 4.79 Å². The van der Waals surface area contributed by atoms with Crippen LogP contribution in [0.5, 0.6) is 5.75 Å². The Morgan fingerprint density at radius 3 is 2.48 bits per heavy atom. The van der Waals surface area contributed by atoms with E-state index in [4.69, 9.17) is 19.7 Å². The standard InChI is InChI=1S/C21H21N3O5/c1-3-27-16-12-8-7-11-15(16)23-20(25)18(14-9-5-4-6-10-14)28-21(26)17-13(2)24-29-19(17)22/h4-12,18H,3,22H2,1-2H3,(H,23,25). The summed E-state index contributed by atoms with van der Waals surface area (Å²) in [4.78, 5) is 25.7. The summed E-state index contributed by atoms with van der Waals surface area (Å²) in [5.41, 5.74) is 6.90. The minimum Gasteiger partial charge on any atom is -0.492 e. The van der Waals surface area contributed by atoms with Crippen LogP contribution >= 0.6 is 0 Å². The van der Waals surface area contributed by atoms with Gasteiger partial charge in [-0.1, -0.05) is 47.6 Å². The Labute approximate surface area is 167 Å². The van der Waals surface area contributed by atoms with E-state index in [1.807, 2.05) is 6.92 Å². The summed E-state index contributed by atoms with van der Waals surface area (Å²) in [6, 6.07) is 15.7. The van der Waals surface area contributed by atoms with Gasteiger partial charge in [0.25, 0.3) is 5.91 Å². The van der Waals surface area contributed by atoms with Gasteiger partial charge in [0, 0.05) is 5.56 Å². The van der Waals surface area contributed by atoms with Crippen molar-refractivity contribution in [2.24, 2.45) is 0 Å². The van der Waals surface area contributed by atoms with E-state index >= 15 is 0 Å². The van der Waals surface area contributed by atoms with Crippen LogP contribution in [0, 0.1) is 6.92 Å². The minimum atomic E-state index is -1.22. The minimum absolute atomic E-state index is 0.00607. The zero-order valence-corrected chi connectivity index (χ0v) is 16.0. The van der Waals surface area contributed by atoms with E-state index in [2.05, 4.69) is 10.5 Å². The maximum Gasteiger partial charge on any atom is 0.346 e. The van der Waals surface area contributed by atoms with Gasteiger partial charge in [0.2, 0.25) is 12.0 Å². The molecule has 1 aromatic heterocycles. The normalized spacial score (nSPS) is 11.5. The predicted octanol–water partition coefficient (Wildman–Crippen LogP) is 3.50. The molecule has 3 N–H and O–H groups in total. The molecule has 1 heterocycles. The fourth-order valence-electron chi connectivity index (χ4n) is 2.75. The number of para-hydroxylation sites is 2. The lowest BCUT2D eigenvalue weighted by atomic mass is 10.1. The predicted molar refractivity (Wildman–Crippen MR) is 106 cm³/mol. The molecule has 1 unspecified atom stereocenters. The second-order valence-electron chi connectivity index (χ2n) is 6.12. The highest BCUT2D eigenvalue weighted by atomic mass is 16.6. The monoisotopic (exact) mass is 395 g/mol. The first-order valence-corrected chi connectivity index (χ1v) is 9.01. The van der Waals surface area contributed by atoms with Crippen LogP contribution in [0.15, 0.2) is 59.1 Å². The van der Waals surface area contributed by atoms with Gasteiger partial charge in [-0.2, -0.15) is 0 Å². The molecule has 0 fully saturated rings. The molecule has 3 aromatic rings. The molecular weight excluding hydrogens is 374 g/mol. The van der Waals surface area contributed by atoms with Crippen LogP contribution in [0.3, 0.4) is 0 Å². The SMILES string of the molecule is CCOc1ccccc1NC(=O)C(OC(=O)c1c(C)noc1N)c1ccccc1. The molecule has 8 nitrogen and oxygen atoms in total. The number of carbonyl (C=O) groups excluding carboxylic acids is 2. The lowest BCUT2D eigenvalue weighted by molar-refractivity contribution is -0.125. The molecule has 0 saturated carbocycles. The molecule has 0 spiro atoms. The van der Waals surface area contributed by atoms with E-state index < -0.39 is 18.0 Å². The summed E-state index contributed by atoms with van der Waals surface area (Å²) >= 11 is 0. The summed E-state index contributed by atoms with van der Waals surface area (Å²) in [5, 5.41) is 6.41. The highest BCUT2D eigenvalue weighted by molar-refractivity contribution is 6.00. The molecule has 0 bridgehead atoms. The molecule has 29 heavy (non-hydrogen) atoms. The zero-order chi connectivity index (χ0) is 20.8. The fraction of sp³-hybridized carbons (Fsp3) is 0.190. The Morgan fingerprint density at radius 1 is 1.14 bits per heavy atom. The number of amides is 1. The fourth-order valence-corrected chi connectivity index (χ4v) is 2.75. The number of aryl methyl sites for hydroxylation is 1. The van der Waals surface area contributed by atoms with E-state index in [1.165, 1.54) is 0 Å². The van der Waals surface area contributed by atoms with Crippen molar-refractivity contribution in [3.05, 3.63) is 71.4 Å². The number of anilines is 2. The van der Waals surface area contributed by atoms with E-state index in [9.17, 15) is 9.59 Å². The molecule has 8 heteroatoms. The Kier molecular flexibility index (Phi) is 6.13. The number of carbonyl (C=O) groups is 2. The molecule has 3 rings (SSSR count). The first kappa shape index (κ1) is 19.9. The van der Waals surface area contributed by atoms with Crippen molar-refractivity contribution in [1.29, 1.82) is 0 Å². The Hall–Kier alpha value is -3.81. The largest absolute Gasteiger partial charge is 0.492 e. The number of hydrogen-bond acceptors (Lipinski definition) is 7. The van der Waals surface area contributed by atoms with Crippen LogP contribution in [0.25, 0.3) is 0 Å². The molecule has 150 valence electrons. The topological polar surface area (TPSA) is 117 Å². The zero-order valence-electron chi connectivity index (χ0n) is 16.0. The molecule has 0 radical (unpaired) electrons. The average molecular weight is 395 g/mol. The van der Waals surface area contributed by atoms with Crippen LogP contribution < -0.4 is 15.8 Å². The van der Waals surface area contributed by atoms with Gasteiger partial charge in [0.05, 0.1) is 18.0 Å². The van der Waals surface area contributed by atoms with Crippen LogP contribution in [-0.2, 0) is 9.53 Å². The average Bonchev–Trinajstić information content (AvgIpc) is 3.06. The number of esters is 1. The maximum atomic E-state index is 13.0. The molecule has 0 aliphatic rings. The second kappa shape index (κ2) is 8.92. The number of nitrogens with one attached hydrogen (secondary N) is 1. The molecule has 1 amide bonds. The lowest BCUT2D eigenvalue weighted by Crippen LogP contribution is -2.26. The van der Waals surface area contributed by atoms with Crippen molar-refractivity contribution in [2.45, 2.75) is 20.0 Å². The van der Waals surface area contributed by atoms with Gasteiger partial charge in [0.1, 0.15) is 11.3 Å². The number of nitrogens with two attached hydrogens (primary N) is 1. The highest BCUT2D eigenvalue weighted by Crippen LogP contribution is 2.28. The number of rotatable bonds is 7. The molecule has 0 aliphatic carbocycles. The third kappa shape index (κ3) is 4.55. The summed E-state index contributed by atoms with van der Waals surface area (Å²) in [6.07, 6.45) is -1.22. The number of nitrogens with zero attached hydrogens (tertiary/aromatic N) is 1. The van der Waals surface area contributed by atoms with Crippen LogP contribution in [0.1, 0.15) is 34.6 Å². The second-order valence-corrected chi connectivity index (χ2v) is 6.12. The van der Waals surface area contributed by atoms with E-state index in [1.54, 1.807) is 61.5 Å². The summed E-state index contributed by atoms with van der Waals surface area (Å²) in [7, 11) is 0. The number of benzene rings is 2. The van der Waals surface area contributed by atoms with Crippen molar-refractivity contribution < 1.29 is 23.6 Å². The first-order valence-electron chi connectivity index (χ1n) is 9.01. The van der Waals surface area contributed by atoms with Crippen molar-refractivity contribution in [2.75, 3.05) is 17.7 Å². The van der Waals surface area contributed by atoms with Gasteiger partial charge < -0.3 is 25.0 Å². The van der Waals surface area contributed by atoms with Crippen molar-refractivity contribution in [3.63, 3.8) is 0 Å². The van der Waals surface area contributed by atoms with Gasteiger partial charge in [0.15, 0.2) is 0 Å². The third-order valence-electron chi connectivity index (χ3n) is 4.10. The van der Waals surface area contributed by atoms with E-state index in [-0.39, 0.29) is 17.1 Å². The first-order chi connectivity index (χ1) is 14.0. The third-order valence-corrected chi connectivity index (χ3v) is 4.10. The smallest absolute Gasteiger partial charge is 0.346 e. The number of ether oxygens (including phenoxy) is 2. The summed E-state index contributed by atoms with van der Waals surface area (Å²) in [5.74, 6) is -0.991. The van der Waals surface area contributed by atoms with Gasteiger partial charge in [-0.05, 0) is 26.0 Å². The summed E-state index contributed by atoms with van der Waals surface area (Å²) < 4.78 is 15.9. The van der Waals surface area contributed by atoms with Crippen molar-refractivity contribution in [3.8, 4) is 5.75 Å². The number of aromatic nitrogens is 1. The van der Waals surface area contributed by atoms with Crippen LogP contribution in [-0.4, -0.2) is 23.6 Å². The maximum absolute atomic E-state index is 13.0. The van der Waals surface area contributed by atoms with Crippen molar-refractivity contribution >= 4 is 23.4 Å². The Bertz CT molecular complexity index is 981. The van der Waals surface area contributed by atoms with Gasteiger partial charge in [-0.15, -0.1) is 0 Å². The Balaban J connectivity index is 1.88. The molecule has 0 aliphatic heterocycles. The molecular formula is C21H21N3O5. The van der Waals surface area contributed by atoms with Crippen LogP contribution in [0.2, 0.25) is 0 Å². The summed E-state index contributed by atoms with van der Waals surface area (Å²) in [6.45, 7) is 3.85. The molecule has 1 atom stereocenters. The molecule has 2 aromatic carbocycles. The number of hydrogen-bond donors (Lipinski definition) is 2. The number of nitrogen functional groups attached to an aromatic ring is 1. The van der Waals surface area contributed by atoms with Crippen LogP contribution in [0.4, 0.5) is 11.6 Å². The highest BCUT2D eigenvalue weighted by Gasteiger charge is 2.29. The lowest BCUT2D eigenvalue weighted by Gasteiger charge is -2.19. The van der Waals surface area contributed by atoms with Gasteiger partial charge >= 0.3 is 5.97 Å². The van der Waals surface area contributed by atoms with E-state index in [0.29, 0.717) is 23.6 Å². The Morgan fingerprint density at radius 2 is 1.83 bits per heavy atom. The van der Waals surface area contributed by atoms with Gasteiger partial charge in [-0.25, -0.2) is 4.79 Å².